The van der Waals surface area contributed by atoms with E-state index in [4.69, 9.17) is 28.4 Å². The second-order valence-electron chi connectivity index (χ2n) is 24.9. The molecular formula is C96H68N2O6. The molecule has 0 heterocycles. The zero-order chi connectivity index (χ0) is 69.6. The van der Waals surface area contributed by atoms with Gasteiger partial charge in [-0.3, -0.25) is 0 Å². The Morgan fingerprint density at radius 2 is 0.212 bits per heavy atom. The van der Waals surface area contributed by atoms with Crippen LogP contribution < -0.4 is 38.2 Å². The van der Waals surface area contributed by atoms with Gasteiger partial charge in [0.2, 0.25) is 0 Å². The monoisotopic (exact) mass is 1340 g/mol. The van der Waals surface area contributed by atoms with Crippen LogP contribution in [0.3, 0.4) is 0 Å². The van der Waals surface area contributed by atoms with Gasteiger partial charge in [-0.1, -0.05) is 194 Å². The first-order valence-electron chi connectivity index (χ1n) is 34.5. The second kappa shape index (κ2) is 30.6. The van der Waals surface area contributed by atoms with Crippen LogP contribution in [0.25, 0.3) is 55.6 Å². The van der Waals surface area contributed by atoms with E-state index in [0.717, 1.165) is 147 Å². The highest BCUT2D eigenvalue weighted by atomic mass is 16.5. The Balaban J connectivity index is 0.581. The van der Waals surface area contributed by atoms with Gasteiger partial charge >= 0.3 is 0 Å². The van der Waals surface area contributed by atoms with Crippen LogP contribution in [-0.2, 0) is 0 Å². The van der Waals surface area contributed by atoms with E-state index in [1.54, 1.807) is 0 Å². The van der Waals surface area contributed by atoms with Gasteiger partial charge in [0.1, 0.15) is 69.0 Å². The lowest BCUT2D eigenvalue weighted by Gasteiger charge is -2.26. The summed E-state index contributed by atoms with van der Waals surface area (Å²) in [4.78, 5) is 4.40. The van der Waals surface area contributed by atoms with Gasteiger partial charge in [0.15, 0.2) is 0 Å². The lowest BCUT2D eigenvalue weighted by Crippen LogP contribution is -2.09. The molecule has 0 saturated carbocycles. The van der Waals surface area contributed by atoms with Gasteiger partial charge in [-0.2, -0.15) is 0 Å². The Labute approximate surface area is 605 Å². The summed E-state index contributed by atoms with van der Waals surface area (Å²) in [6.45, 7) is 0. The van der Waals surface area contributed by atoms with Crippen LogP contribution in [0.1, 0.15) is 0 Å². The van der Waals surface area contributed by atoms with Crippen LogP contribution in [0, 0.1) is 0 Å². The van der Waals surface area contributed by atoms with Gasteiger partial charge in [0.25, 0.3) is 0 Å². The highest BCUT2D eigenvalue weighted by molar-refractivity contribution is 5.80. The van der Waals surface area contributed by atoms with Gasteiger partial charge in [-0.25, -0.2) is 0 Å². The van der Waals surface area contributed by atoms with Crippen LogP contribution in [0.4, 0.5) is 34.1 Å². The smallest absolute Gasteiger partial charge is 0.127 e. The van der Waals surface area contributed by atoms with E-state index < -0.39 is 0 Å². The van der Waals surface area contributed by atoms with E-state index in [-0.39, 0.29) is 0 Å². The summed E-state index contributed by atoms with van der Waals surface area (Å²) < 4.78 is 38.4. The molecule has 8 heteroatoms. The zero-order valence-corrected chi connectivity index (χ0v) is 56.6. The third-order valence-corrected chi connectivity index (χ3v) is 17.9. The first-order chi connectivity index (χ1) is 51.4. The minimum Gasteiger partial charge on any atom is -0.457 e. The van der Waals surface area contributed by atoms with E-state index in [1.165, 1.54) is 0 Å². The van der Waals surface area contributed by atoms with Crippen molar-refractivity contribution in [3.8, 4) is 125 Å². The van der Waals surface area contributed by atoms with Crippen molar-refractivity contribution in [3.05, 3.63) is 413 Å². The molecule has 498 valence electrons. The molecule has 0 aliphatic carbocycles. The molecule has 0 bridgehead atoms. The van der Waals surface area contributed by atoms with Crippen LogP contribution in [0.5, 0.6) is 69.0 Å². The Bertz CT molecular complexity index is 4800. The maximum absolute atomic E-state index is 6.48. The highest BCUT2D eigenvalue weighted by Gasteiger charge is 2.18. The van der Waals surface area contributed by atoms with Crippen LogP contribution in [0.2, 0.25) is 0 Å². The van der Waals surface area contributed by atoms with Crippen LogP contribution >= 0.6 is 0 Å². The summed E-state index contributed by atoms with van der Waals surface area (Å²) in [6, 6.07) is 139. The molecule has 0 aliphatic heterocycles. The van der Waals surface area contributed by atoms with Crippen molar-refractivity contribution in [1.82, 2.24) is 0 Å². The number of hydrogen-bond donors (Lipinski definition) is 0. The van der Waals surface area contributed by atoms with Crippen molar-refractivity contribution < 1.29 is 28.4 Å². The quantitative estimate of drug-likeness (QED) is 0.0628. The third-order valence-electron chi connectivity index (χ3n) is 17.9. The molecule has 8 nitrogen and oxygen atoms in total. The fraction of sp³-hybridized carbons (Fsp3) is 0. The van der Waals surface area contributed by atoms with Crippen molar-refractivity contribution in [1.29, 1.82) is 0 Å². The number of anilines is 6. The molecule has 0 spiro atoms. The molecule has 0 N–H and O–H groups in total. The molecular weight excluding hydrogens is 1280 g/mol. The lowest BCUT2D eigenvalue weighted by molar-refractivity contribution is 0.482. The Kier molecular flexibility index (Phi) is 19.0. The highest BCUT2D eigenvalue weighted by Crippen LogP contribution is 2.42. The first-order valence-corrected chi connectivity index (χ1v) is 34.5. The maximum atomic E-state index is 6.48. The zero-order valence-electron chi connectivity index (χ0n) is 56.6. The SMILES string of the molecule is c1ccc(-c2ccc(Oc3ccc(N(c4ccc(Oc5ccc(-c6ccccc6)cc5)cc4)c4ccc(Oc5ccc(-c6ccc(Oc7ccc(N(c8ccc(Oc9ccc(-c%10ccccc%10)cc9)cc8)c8ccc(Oc9ccc(-c%10ccccc%10)cc9)cc8)cc7)cc6)cc5)cc4)cc3)cc2)cc1. The van der Waals surface area contributed by atoms with Crippen molar-refractivity contribution >= 4 is 34.1 Å². The molecule has 0 aromatic heterocycles. The van der Waals surface area contributed by atoms with E-state index in [0.29, 0.717) is 11.5 Å². The molecule has 104 heavy (non-hydrogen) atoms. The predicted molar refractivity (Wildman–Crippen MR) is 422 cm³/mol. The predicted octanol–water partition coefficient (Wildman–Crippen LogP) is 27.7. The number of rotatable bonds is 23. The van der Waals surface area contributed by atoms with Gasteiger partial charge in [0, 0.05) is 34.1 Å². The first kappa shape index (κ1) is 64.6. The van der Waals surface area contributed by atoms with Crippen molar-refractivity contribution in [3.63, 3.8) is 0 Å². The topological polar surface area (TPSA) is 61.9 Å². The van der Waals surface area contributed by atoms with Crippen molar-refractivity contribution in [2.45, 2.75) is 0 Å². The van der Waals surface area contributed by atoms with E-state index >= 15 is 0 Å². The summed E-state index contributed by atoms with van der Waals surface area (Å²) in [5.74, 6) is 8.80. The van der Waals surface area contributed by atoms with Crippen molar-refractivity contribution in [2.75, 3.05) is 9.80 Å². The van der Waals surface area contributed by atoms with Gasteiger partial charge in [-0.05, 0) is 274 Å². The molecule has 0 unspecified atom stereocenters. The summed E-state index contributed by atoms with van der Waals surface area (Å²) >= 11 is 0. The third kappa shape index (κ3) is 15.7. The summed E-state index contributed by atoms with van der Waals surface area (Å²) in [7, 11) is 0. The molecule has 16 aromatic rings. The average Bonchev–Trinajstić information content (AvgIpc) is 0.804. The van der Waals surface area contributed by atoms with Gasteiger partial charge < -0.3 is 38.2 Å². The van der Waals surface area contributed by atoms with E-state index in [1.807, 2.05) is 218 Å². The van der Waals surface area contributed by atoms with Crippen molar-refractivity contribution in [2.24, 2.45) is 0 Å². The number of nitrogens with zero attached hydrogens (tertiary/aromatic N) is 2. The Morgan fingerprint density at radius 3 is 0.337 bits per heavy atom. The lowest BCUT2D eigenvalue weighted by atomic mass is 10.1. The molecule has 16 aromatic carbocycles. The summed E-state index contributed by atoms with van der Waals surface area (Å²) in [5.41, 5.74) is 16.9. The number of hydrogen-bond acceptors (Lipinski definition) is 8. The second-order valence-corrected chi connectivity index (χ2v) is 24.9. The fourth-order valence-electron chi connectivity index (χ4n) is 12.5. The maximum Gasteiger partial charge on any atom is 0.127 e. The molecule has 0 saturated heterocycles. The molecule has 0 aliphatic rings. The van der Waals surface area contributed by atoms with Gasteiger partial charge in [0.05, 0.1) is 0 Å². The normalized spacial score (nSPS) is 10.9. The Morgan fingerprint density at radius 1 is 0.106 bits per heavy atom. The van der Waals surface area contributed by atoms with Crippen LogP contribution in [-0.4, -0.2) is 0 Å². The molecule has 0 atom stereocenters. The molecule has 0 radical (unpaired) electrons. The number of ether oxygens (including phenoxy) is 6. The standard InChI is InChI=1S/C96H68N2O6/c1-5-13-69(14-6-1)73-21-45-85(46-22-73)99-91-57-33-79(34-58-91)97(80-35-59-92(60-36-80)100-86-47-23-74(24-48-86)70-15-7-2-8-16-70)83-41-65-95(66-42-83)103-89-53-29-77(30-54-89)78-31-55-90(56-32-78)104-96-67-43-84(44-68-96)98(81-37-61-93(62-38-81)101-87-49-25-75(26-50-87)71-17-9-3-10-18-71)82-39-63-94(64-40-82)102-88-51-27-76(28-52-88)72-19-11-4-12-20-72/h1-68H. The van der Waals surface area contributed by atoms with E-state index in [2.05, 4.69) is 204 Å². The van der Waals surface area contributed by atoms with Gasteiger partial charge in [-0.15, -0.1) is 0 Å². The minimum absolute atomic E-state index is 0.704. The molecule has 0 amide bonds. The van der Waals surface area contributed by atoms with Crippen LogP contribution in [0.15, 0.2) is 413 Å². The molecule has 16 rings (SSSR count). The Hall–Kier alpha value is -14.1. The minimum atomic E-state index is 0.704. The molecule has 0 fully saturated rings. The van der Waals surface area contributed by atoms with E-state index in [9.17, 15) is 0 Å². The average molecular weight is 1350 g/mol. The summed E-state index contributed by atoms with van der Waals surface area (Å²) in [5, 5.41) is 0. The summed E-state index contributed by atoms with van der Waals surface area (Å²) in [6.07, 6.45) is 0. The number of benzene rings is 16. The largest absolute Gasteiger partial charge is 0.457 e. The fourth-order valence-corrected chi connectivity index (χ4v) is 12.5.